The molecule has 4 rings (SSSR count). The van der Waals surface area contributed by atoms with Gasteiger partial charge in [-0.1, -0.05) is 12.8 Å². The van der Waals surface area contributed by atoms with Crippen molar-refractivity contribution >= 4 is 36.5 Å². The number of anilines is 3. The first kappa shape index (κ1) is 24.8. The molecule has 16 heteroatoms. The van der Waals surface area contributed by atoms with Gasteiger partial charge in [0.25, 0.3) is 0 Å². The summed E-state index contributed by atoms with van der Waals surface area (Å²) in [6.07, 6.45) is -0.669. The van der Waals surface area contributed by atoms with E-state index in [1.165, 1.54) is 12.1 Å². The summed E-state index contributed by atoms with van der Waals surface area (Å²) in [5.74, 6) is -0.720. The molecule has 5 atom stereocenters. The van der Waals surface area contributed by atoms with Crippen LogP contribution < -0.4 is 21.3 Å². The van der Waals surface area contributed by atoms with Crippen LogP contribution >= 0.6 is 19.2 Å². The van der Waals surface area contributed by atoms with Crippen LogP contribution in [0.4, 0.5) is 17.3 Å². The van der Waals surface area contributed by atoms with Crippen LogP contribution in [0.5, 0.6) is 0 Å². The van der Waals surface area contributed by atoms with E-state index in [1.807, 2.05) is 0 Å². The van der Waals surface area contributed by atoms with Crippen molar-refractivity contribution < 1.29 is 38.8 Å². The van der Waals surface area contributed by atoms with E-state index in [0.717, 1.165) is 25.7 Å². The van der Waals surface area contributed by atoms with Crippen molar-refractivity contribution in [3.05, 3.63) is 5.28 Å². The monoisotopic (exact) mass is 510 g/mol. The molecule has 1 unspecified atom stereocenters. The Hall–Kier alpha value is -1.32. The third-order valence-electron chi connectivity index (χ3n) is 5.82. The van der Waals surface area contributed by atoms with Crippen LogP contribution in [-0.2, 0) is 18.8 Å². The number of methoxy groups -OCH3 is 1. The maximum absolute atomic E-state index is 11.5. The Morgan fingerprint density at radius 3 is 2.70 bits per heavy atom. The van der Waals surface area contributed by atoms with E-state index in [0.29, 0.717) is 17.3 Å². The van der Waals surface area contributed by atoms with Gasteiger partial charge in [0.15, 0.2) is 23.7 Å². The first-order chi connectivity index (χ1) is 15.7. The standard InChI is InChI=1S/C17H28ClN6O8P/c1-30-7-10(33(27,28)29)31-6-9-12(25)13(26)16(32-9)24-15-11(22-23-24)14(20-17(18)21-15)19-8-4-2-3-5-8/h8-10,12-13,16,22-23,25-26H,2-7H2,1H3,(H,19,20,21)(H2,27,28,29)/t9-,10?,12-,13-,16-/m1/s1. The van der Waals surface area contributed by atoms with E-state index in [-0.39, 0.29) is 24.5 Å². The van der Waals surface area contributed by atoms with Crippen LogP contribution in [0.25, 0.3) is 0 Å². The van der Waals surface area contributed by atoms with E-state index >= 15 is 0 Å². The lowest BCUT2D eigenvalue weighted by molar-refractivity contribution is -0.0658. The average molecular weight is 511 g/mol. The van der Waals surface area contributed by atoms with Gasteiger partial charge < -0.3 is 39.5 Å². The summed E-state index contributed by atoms with van der Waals surface area (Å²) >= 11 is 6.13. The zero-order chi connectivity index (χ0) is 23.8. The van der Waals surface area contributed by atoms with Crippen molar-refractivity contribution in [2.45, 2.75) is 62.1 Å². The fourth-order valence-electron chi connectivity index (χ4n) is 4.10. The molecule has 0 amide bonds. The van der Waals surface area contributed by atoms with Gasteiger partial charge in [-0.25, -0.2) is 5.01 Å². The first-order valence-electron chi connectivity index (χ1n) is 10.5. The fraction of sp³-hybridized carbons (Fsp3) is 0.765. The highest BCUT2D eigenvalue weighted by Crippen LogP contribution is 2.43. The van der Waals surface area contributed by atoms with Gasteiger partial charge in [0.1, 0.15) is 24.0 Å². The molecular formula is C17H28ClN6O8P. The largest absolute Gasteiger partial charge is 0.387 e. The molecule has 2 aliphatic heterocycles. The van der Waals surface area contributed by atoms with Crippen molar-refractivity contribution in [2.24, 2.45) is 0 Å². The normalized spacial score (nSPS) is 28.7. The van der Waals surface area contributed by atoms with Crippen LogP contribution in [-0.4, -0.2) is 86.7 Å². The smallest absolute Gasteiger partial charge is 0.356 e. The summed E-state index contributed by atoms with van der Waals surface area (Å²) < 4.78 is 27.3. The molecule has 1 aromatic heterocycles. The number of hydrazine groups is 2. The molecule has 3 aliphatic rings. The Morgan fingerprint density at radius 2 is 2.03 bits per heavy atom. The van der Waals surface area contributed by atoms with E-state index < -0.39 is 38.0 Å². The molecule has 7 N–H and O–H groups in total. The van der Waals surface area contributed by atoms with E-state index in [9.17, 15) is 24.6 Å². The highest BCUT2D eigenvalue weighted by molar-refractivity contribution is 7.52. The molecule has 2 fully saturated rings. The van der Waals surface area contributed by atoms with Crippen LogP contribution in [0.1, 0.15) is 25.7 Å². The van der Waals surface area contributed by atoms with Gasteiger partial charge >= 0.3 is 7.60 Å². The van der Waals surface area contributed by atoms with Crippen molar-refractivity contribution in [3.8, 4) is 0 Å². The Kier molecular flexibility index (Phi) is 7.60. The molecule has 0 bridgehead atoms. The van der Waals surface area contributed by atoms with Crippen LogP contribution in [0, 0.1) is 0 Å². The van der Waals surface area contributed by atoms with Gasteiger partial charge in [-0.15, -0.1) is 5.53 Å². The van der Waals surface area contributed by atoms with Gasteiger partial charge in [0.05, 0.1) is 13.2 Å². The number of fused-ring (bicyclic) bond motifs is 1. The summed E-state index contributed by atoms with van der Waals surface area (Å²) in [5.41, 5.74) is 6.29. The summed E-state index contributed by atoms with van der Waals surface area (Å²) in [4.78, 5) is 27.3. The number of ether oxygens (including phenoxy) is 3. The quantitative estimate of drug-likeness (QED) is 0.170. The summed E-state index contributed by atoms with van der Waals surface area (Å²) in [7, 11) is -3.33. The van der Waals surface area contributed by atoms with Crippen molar-refractivity contribution in [3.63, 3.8) is 0 Å². The number of halogens is 1. The maximum atomic E-state index is 11.5. The zero-order valence-electron chi connectivity index (χ0n) is 17.8. The molecule has 14 nitrogen and oxygen atoms in total. The molecule has 3 heterocycles. The summed E-state index contributed by atoms with van der Waals surface area (Å²) in [5, 5.41) is 25.8. The number of aromatic nitrogens is 2. The predicted molar refractivity (Wildman–Crippen MR) is 116 cm³/mol. The molecule has 0 radical (unpaired) electrons. The number of aliphatic hydroxyl groups is 2. The minimum atomic E-state index is -4.61. The molecule has 186 valence electrons. The van der Waals surface area contributed by atoms with Gasteiger partial charge in [-0.05, 0) is 24.4 Å². The van der Waals surface area contributed by atoms with E-state index in [2.05, 4.69) is 26.2 Å². The predicted octanol–water partition coefficient (Wildman–Crippen LogP) is -0.251. The number of hydrogen-bond acceptors (Lipinski definition) is 12. The van der Waals surface area contributed by atoms with Crippen molar-refractivity contribution in [1.82, 2.24) is 15.5 Å². The third kappa shape index (κ3) is 5.35. The molecule has 1 aromatic rings. The second kappa shape index (κ2) is 10.1. The second-order valence-electron chi connectivity index (χ2n) is 8.15. The van der Waals surface area contributed by atoms with Gasteiger partial charge in [0, 0.05) is 13.2 Å². The summed E-state index contributed by atoms with van der Waals surface area (Å²) in [6, 6.07) is 0.265. The second-order valence-corrected chi connectivity index (χ2v) is 10.2. The number of aliphatic hydroxyl groups excluding tert-OH is 2. The average Bonchev–Trinajstić information content (AvgIpc) is 3.46. The molecule has 1 saturated carbocycles. The minimum absolute atomic E-state index is 0.0123. The Balaban J connectivity index is 1.47. The lowest BCUT2D eigenvalue weighted by Gasteiger charge is -2.26. The Bertz CT molecular complexity index is 889. The van der Waals surface area contributed by atoms with Crippen LogP contribution in [0.2, 0.25) is 5.28 Å². The number of nitrogens with one attached hydrogen (secondary N) is 3. The number of nitrogens with zero attached hydrogens (tertiary/aromatic N) is 3. The highest BCUT2D eigenvalue weighted by Gasteiger charge is 2.49. The molecule has 1 aliphatic carbocycles. The number of rotatable bonds is 9. The maximum Gasteiger partial charge on any atom is 0.356 e. The van der Waals surface area contributed by atoms with Crippen LogP contribution in [0.15, 0.2) is 0 Å². The zero-order valence-corrected chi connectivity index (χ0v) is 19.4. The van der Waals surface area contributed by atoms with Crippen molar-refractivity contribution in [2.75, 3.05) is 36.1 Å². The van der Waals surface area contributed by atoms with E-state index in [1.54, 1.807) is 0 Å². The molecular weight excluding hydrogens is 483 g/mol. The minimum Gasteiger partial charge on any atom is -0.387 e. The lowest BCUT2D eigenvalue weighted by Crippen LogP contribution is -2.50. The van der Waals surface area contributed by atoms with Gasteiger partial charge in [-0.3, -0.25) is 9.99 Å². The van der Waals surface area contributed by atoms with E-state index in [4.69, 9.17) is 25.8 Å². The van der Waals surface area contributed by atoms with Crippen molar-refractivity contribution in [1.29, 1.82) is 0 Å². The van der Waals surface area contributed by atoms with Gasteiger partial charge in [0.2, 0.25) is 5.28 Å². The Morgan fingerprint density at radius 1 is 1.30 bits per heavy atom. The molecule has 33 heavy (non-hydrogen) atoms. The first-order valence-corrected chi connectivity index (χ1v) is 12.6. The third-order valence-corrected chi connectivity index (χ3v) is 7.03. The SMILES string of the molecule is COCC(OC[C@H]1O[C@@H](N2NNc3c(NC4CCCC4)nc(Cl)nc32)[C@H](O)[C@@H]1O)P(=O)(O)O. The fourth-order valence-corrected chi connectivity index (χ4v) is 4.89. The lowest BCUT2D eigenvalue weighted by atomic mass is 10.1. The topological polar surface area (TPSA) is 191 Å². The van der Waals surface area contributed by atoms with Crippen LogP contribution in [0.3, 0.4) is 0 Å². The Labute approximate surface area is 194 Å². The summed E-state index contributed by atoms with van der Waals surface area (Å²) in [6.45, 7) is -0.739. The van der Waals surface area contributed by atoms with Gasteiger partial charge in [-0.2, -0.15) is 9.97 Å². The molecule has 0 aromatic carbocycles. The molecule has 0 spiro atoms. The highest BCUT2D eigenvalue weighted by atomic mass is 35.5. The molecule has 1 saturated heterocycles. The number of hydrogen-bond donors (Lipinski definition) is 7.